The van der Waals surface area contributed by atoms with E-state index >= 15 is 0 Å². The van der Waals surface area contributed by atoms with E-state index in [4.69, 9.17) is 9.26 Å². The van der Waals surface area contributed by atoms with Gasteiger partial charge in [0, 0.05) is 22.7 Å². The molecule has 7 nitrogen and oxygen atoms in total. The van der Waals surface area contributed by atoms with Crippen molar-refractivity contribution in [2.75, 3.05) is 19.9 Å². The van der Waals surface area contributed by atoms with Gasteiger partial charge in [0.05, 0.1) is 18.7 Å². The number of benzene rings is 2. The Morgan fingerprint density at radius 1 is 1.24 bits per heavy atom. The fraction of sp³-hybridized carbons (Fsp3) is 0.320. The summed E-state index contributed by atoms with van der Waals surface area (Å²) in [4.78, 5) is 20.4. The van der Waals surface area contributed by atoms with Crippen LogP contribution < -0.4 is 10.1 Å². The number of thioether (sulfide) groups is 1. The summed E-state index contributed by atoms with van der Waals surface area (Å²) >= 11 is 1.65. The second-order valence-electron chi connectivity index (χ2n) is 8.43. The van der Waals surface area contributed by atoms with Crippen LogP contribution in [0, 0.1) is 11.7 Å². The Balaban J connectivity index is 1.79. The molecule has 1 aliphatic rings. The lowest BCUT2D eigenvalue weighted by atomic mass is 9.94. The number of carbonyl (C=O) groups is 1. The molecule has 0 fully saturated rings. The number of allylic oxidation sites excluding steroid dienone is 1. The molecule has 1 aromatic heterocycles. The molecule has 34 heavy (non-hydrogen) atoms. The van der Waals surface area contributed by atoms with Crippen molar-refractivity contribution >= 4 is 23.4 Å². The van der Waals surface area contributed by atoms with Crippen LogP contribution in [0.15, 0.2) is 57.6 Å². The monoisotopic (exact) mass is 482 g/mol. The highest BCUT2D eigenvalue weighted by Crippen LogP contribution is 2.38. The smallest absolute Gasteiger partial charge is 0.322 e. The van der Waals surface area contributed by atoms with Crippen LogP contribution in [0.1, 0.15) is 38.3 Å². The van der Waals surface area contributed by atoms with Gasteiger partial charge in [-0.1, -0.05) is 31.1 Å². The van der Waals surface area contributed by atoms with E-state index in [9.17, 15) is 9.18 Å². The molecule has 3 aromatic rings. The number of halogens is 1. The van der Waals surface area contributed by atoms with Crippen LogP contribution in [0.2, 0.25) is 0 Å². The second kappa shape index (κ2) is 9.89. The summed E-state index contributed by atoms with van der Waals surface area (Å²) in [6.07, 6.45) is 2.01. The number of rotatable bonds is 7. The molecule has 1 aliphatic heterocycles. The van der Waals surface area contributed by atoms with Crippen molar-refractivity contribution in [1.29, 1.82) is 0 Å². The molecule has 2 heterocycles. The van der Waals surface area contributed by atoms with Crippen LogP contribution in [0.5, 0.6) is 5.75 Å². The van der Waals surface area contributed by atoms with Crippen molar-refractivity contribution in [3.8, 4) is 17.1 Å². The van der Waals surface area contributed by atoms with Crippen molar-refractivity contribution < 1.29 is 18.4 Å². The normalized spacial score (nSPS) is 16.3. The van der Waals surface area contributed by atoms with Gasteiger partial charge in [0.25, 0.3) is 5.89 Å². The number of urea groups is 1. The van der Waals surface area contributed by atoms with Crippen LogP contribution in [0.3, 0.4) is 0 Å². The number of nitrogens with one attached hydrogen (secondary N) is 1. The lowest BCUT2D eigenvalue weighted by Crippen LogP contribution is -2.47. The van der Waals surface area contributed by atoms with Gasteiger partial charge in [0.1, 0.15) is 0 Å². The zero-order valence-corrected chi connectivity index (χ0v) is 20.6. The van der Waals surface area contributed by atoms with Gasteiger partial charge in [-0.15, -0.1) is 11.8 Å². The number of hydrogen-bond donors (Lipinski definition) is 1. The molecule has 0 aliphatic carbocycles. The number of aromatic nitrogens is 2. The molecule has 4 rings (SSSR count). The first-order chi connectivity index (χ1) is 16.3. The summed E-state index contributed by atoms with van der Waals surface area (Å²) in [5.41, 5.74) is 2.82. The third-order valence-corrected chi connectivity index (χ3v) is 6.40. The Bertz CT molecular complexity index is 1220. The van der Waals surface area contributed by atoms with E-state index in [0.29, 0.717) is 17.7 Å². The molecule has 0 bridgehead atoms. The van der Waals surface area contributed by atoms with Crippen molar-refractivity contribution in [2.24, 2.45) is 5.92 Å². The first kappa shape index (κ1) is 23.8. The predicted octanol–water partition coefficient (Wildman–Crippen LogP) is 5.76. The minimum atomic E-state index is -0.512. The van der Waals surface area contributed by atoms with Gasteiger partial charge < -0.3 is 14.6 Å². The van der Waals surface area contributed by atoms with Crippen LogP contribution in [0.4, 0.5) is 9.18 Å². The average molecular weight is 483 g/mol. The lowest BCUT2D eigenvalue weighted by Gasteiger charge is -2.36. The number of amides is 2. The lowest BCUT2D eigenvalue weighted by molar-refractivity contribution is 0.199. The summed E-state index contributed by atoms with van der Waals surface area (Å²) in [6, 6.07) is 11.9. The average Bonchev–Trinajstić information content (AvgIpc) is 3.31. The highest BCUT2D eigenvalue weighted by molar-refractivity contribution is 7.98. The summed E-state index contributed by atoms with van der Waals surface area (Å²) in [6.45, 7) is 6.54. The zero-order chi connectivity index (χ0) is 24.4. The maximum Gasteiger partial charge on any atom is 0.322 e. The van der Waals surface area contributed by atoms with E-state index in [0.717, 1.165) is 16.2 Å². The van der Waals surface area contributed by atoms with Crippen molar-refractivity contribution in [3.05, 3.63) is 65.4 Å². The maximum absolute atomic E-state index is 14.2. The topological polar surface area (TPSA) is 80.5 Å². The molecule has 178 valence electrons. The summed E-state index contributed by atoms with van der Waals surface area (Å²) in [5, 5.41) is 7.19. The number of hydrogen-bond acceptors (Lipinski definition) is 6. The van der Waals surface area contributed by atoms with Gasteiger partial charge in [0.15, 0.2) is 11.6 Å². The molecule has 2 amide bonds. The van der Waals surface area contributed by atoms with E-state index in [1.807, 2.05) is 37.4 Å². The predicted molar refractivity (Wildman–Crippen MR) is 130 cm³/mol. The van der Waals surface area contributed by atoms with Gasteiger partial charge in [-0.05, 0) is 55.0 Å². The Morgan fingerprint density at radius 3 is 2.59 bits per heavy atom. The number of methoxy groups -OCH3 is 1. The minimum Gasteiger partial charge on any atom is -0.494 e. The largest absolute Gasteiger partial charge is 0.494 e. The van der Waals surface area contributed by atoms with Gasteiger partial charge in [0.2, 0.25) is 5.82 Å². The SMILES string of the molecule is COc1ccc(-c2noc(C3=C(C)N(CC(C)C)C(=O)NC3c3ccc(SC)cc3)n2)cc1F. The summed E-state index contributed by atoms with van der Waals surface area (Å²) < 4.78 is 24.9. The van der Waals surface area contributed by atoms with E-state index < -0.39 is 11.9 Å². The molecule has 9 heteroatoms. The van der Waals surface area contributed by atoms with E-state index in [1.165, 1.54) is 19.2 Å². The van der Waals surface area contributed by atoms with Gasteiger partial charge in [-0.2, -0.15) is 4.98 Å². The number of carbonyl (C=O) groups excluding carboxylic acids is 1. The maximum atomic E-state index is 14.2. The van der Waals surface area contributed by atoms with Gasteiger partial charge >= 0.3 is 6.03 Å². The van der Waals surface area contributed by atoms with Crippen molar-refractivity contribution in [2.45, 2.75) is 31.7 Å². The Labute approximate surface area is 202 Å². The standard InChI is InChI=1S/C25H27FN4O3S/c1-14(2)13-30-15(3)21(22(27-25(30)31)16-6-9-18(34-5)10-7-16)24-28-23(29-33-24)17-8-11-20(32-4)19(26)12-17/h6-12,14,22H,13H2,1-5H3,(H,27,31). The first-order valence-electron chi connectivity index (χ1n) is 10.9. The molecule has 0 saturated carbocycles. The first-order valence-corrected chi connectivity index (χ1v) is 12.2. The fourth-order valence-electron chi connectivity index (χ4n) is 3.95. The highest BCUT2D eigenvalue weighted by Gasteiger charge is 2.36. The van der Waals surface area contributed by atoms with Crippen molar-refractivity contribution in [3.63, 3.8) is 0 Å². The molecule has 1 N–H and O–H groups in total. The third kappa shape index (κ3) is 4.65. The zero-order valence-electron chi connectivity index (χ0n) is 19.8. The minimum absolute atomic E-state index is 0.138. The third-order valence-electron chi connectivity index (χ3n) is 5.66. The number of nitrogens with zero attached hydrogens (tertiary/aromatic N) is 3. The molecule has 2 aromatic carbocycles. The summed E-state index contributed by atoms with van der Waals surface area (Å²) in [5.74, 6) is 0.414. The van der Waals surface area contributed by atoms with Gasteiger partial charge in [-0.3, -0.25) is 4.90 Å². The second-order valence-corrected chi connectivity index (χ2v) is 9.31. The van der Waals surface area contributed by atoms with E-state index in [-0.39, 0.29) is 29.4 Å². The molecule has 1 unspecified atom stereocenters. The Hall–Kier alpha value is -3.33. The van der Waals surface area contributed by atoms with Crippen molar-refractivity contribution in [1.82, 2.24) is 20.4 Å². The van der Waals surface area contributed by atoms with Gasteiger partial charge in [-0.25, -0.2) is 9.18 Å². The van der Waals surface area contributed by atoms with E-state index in [2.05, 4.69) is 29.3 Å². The molecular weight excluding hydrogens is 455 g/mol. The van der Waals surface area contributed by atoms with Crippen LogP contribution >= 0.6 is 11.8 Å². The Kier molecular flexibility index (Phi) is 6.92. The summed E-state index contributed by atoms with van der Waals surface area (Å²) in [7, 11) is 1.41. The van der Waals surface area contributed by atoms with E-state index in [1.54, 1.807) is 22.7 Å². The molecule has 1 atom stereocenters. The quantitative estimate of drug-likeness (QED) is 0.431. The van der Waals surface area contributed by atoms with Crippen LogP contribution in [-0.4, -0.2) is 41.0 Å². The van der Waals surface area contributed by atoms with Crippen LogP contribution in [-0.2, 0) is 0 Å². The molecule has 0 saturated heterocycles. The Morgan fingerprint density at radius 2 is 1.97 bits per heavy atom. The molecular formula is C25H27FN4O3S. The highest BCUT2D eigenvalue weighted by atomic mass is 32.2. The molecule has 0 spiro atoms. The number of ether oxygens (including phenoxy) is 1. The molecule has 0 radical (unpaired) electrons. The fourth-order valence-corrected chi connectivity index (χ4v) is 4.35. The van der Waals surface area contributed by atoms with Crippen LogP contribution in [0.25, 0.3) is 17.0 Å².